The molecule has 114 valence electrons. The molecule has 0 aliphatic carbocycles. The van der Waals surface area contributed by atoms with Gasteiger partial charge in [0.05, 0.1) is 5.75 Å². The first-order valence-corrected chi connectivity index (χ1v) is 7.97. The molecule has 1 aliphatic heterocycles. The predicted molar refractivity (Wildman–Crippen MR) is 67.3 cm³/mol. The monoisotopic (exact) mass is 302 g/mol. The highest BCUT2D eigenvalue weighted by atomic mass is 32.2. The summed E-state index contributed by atoms with van der Waals surface area (Å²) >= 11 is 0. The third kappa shape index (κ3) is 4.06. The quantitative estimate of drug-likeness (QED) is 0.793. The van der Waals surface area contributed by atoms with Crippen LogP contribution in [0.2, 0.25) is 0 Å². The fraction of sp³-hybridized carbons (Fsp3) is 1.00. The fourth-order valence-corrected chi connectivity index (χ4v) is 3.87. The maximum Gasteiger partial charge on any atom is 0.405 e. The number of hydrogen-bond donors (Lipinski definition) is 0. The highest BCUT2D eigenvalue weighted by Gasteiger charge is 2.48. The number of sulfonamides is 1. The Morgan fingerprint density at radius 3 is 2.32 bits per heavy atom. The second kappa shape index (κ2) is 5.97. The molecule has 0 saturated carbocycles. The number of rotatable bonds is 4. The summed E-state index contributed by atoms with van der Waals surface area (Å²) in [5.41, 5.74) is 0. The lowest BCUT2D eigenvalue weighted by Gasteiger charge is -2.43. The standard InChI is InChI=1S/C11H21F3N2O2S/c1-4-5-6-19(17,18)16-7-9(2)15(3)10(8-16)11(12,13)14/h9-10H,4-8H2,1-3H3. The Morgan fingerprint density at radius 2 is 1.84 bits per heavy atom. The van der Waals surface area contributed by atoms with E-state index in [1.807, 2.05) is 6.92 Å². The third-order valence-electron chi connectivity index (χ3n) is 3.56. The Morgan fingerprint density at radius 1 is 1.26 bits per heavy atom. The van der Waals surface area contributed by atoms with Crippen molar-refractivity contribution in [3.8, 4) is 0 Å². The van der Waals surface area contributed by atoms with Crippen molar-refractivity contribution in [1.82, 2.24) is 9.21 Å². The highest BCUT2D eigenvalue weighted by molar-refractivity contribution is 7.89. The summed E-state index contributed by atoms with van der Waals surface area (Å²) in [6.07, 6.45) is -3.24. The molecular formula is C11H21F3N2O2S. The van der Waals surface area contributed by atoms with Gasteiger partial charge in [0.2, 0.25) is 10.0 Å². The van der Waals surface area contributed by atoms with Gasteiger partial charge < -0.3 is 0 Å². The molecule has 0 aromatic rings. The maximum absolute atomic E-state index is 12.9. The molecule has 1 fully saturated rings. The number of piperazine rings is 1. The van der Waals surface area contributed by atoms with Gasteiger partial charge in [-0.05, 0) is 20.4 Å². The summed E-state index contributed by atoms with van der Waals surface area (Å²) < 4.78 is 63.8. The molecule has 1 rings (SSSR count). The van der Waals surface area contributed by atoms with Gasteiger partial charge in [0.1, 0.15) is 6.04 Å². The first-order chi connectivity index (χ1) is 8.59. The second-order valence-electron chi connectivity index (χ2n) is 5.06. The SMILES string of the molecule is CCCCS(=O)(=O)N1CC(C)N(C)C(C(F)(F)F)C1. The lowest BCUT2D eigenvalue weighted by molar-refractivity contribution is -0.194. The van der Waals surface area contributed by atoms with Crippen LogP contribution in [0, 0.1) is 0 Å². The predicted octanol–water partition coefficient (Wildman–Crippen LogP) is 1.68. The summed E-state index contributed by atoms with van der Waals surface area (Å²) in [5, 5.41) is 0. The zero-order chi connectivity index (χ0) is 14.8. The fourth-order valence-electron chi connectivity index (χ4n) is 2.14. The van der Waals surface area contributed by atoms with E-state index in [2.05, 4.69) is 0 Å². The molecule has 0 bridgehead atoms. The van der Waals surface area contributed by atoms with E-state index in [-0.39, 0.29) is 12.3 Å². The number of alkyl halides is 3. The summed E-state index contributed by atoms with van der Waals surface area (Å²) in [7, 11) is -2.20. The van der Waals surface area contributed by atoms with Gasteiger partial charge in [-0.1, -0.05) is 13.3 Å². The Balaban J connectivity index is 2.88. The van der Waals surface area contributed by atoms with Crippen LogP contribution >= 0.6 is 0 Å². The van der Waals surface area contributed by atoms with Crippen molar-refractivity contribution in [1.29, 1.82) is 0 Å². The second-order valence-corrected chi connectivity index (χ2v) is 7.15. The molecular weight excluding hydrogens is 281 g/mol. The smallest absolute Gasteiger partial charge is 0.290 e. The van der Waals surface area contributed by atoms with Crippen LogP contribution in [0.25, 0.3) is 0 Å². The van der Waals surface area contributed by atoms with Crippen LogP contribution in [-0.4, -0.2) is 61.8 Å². The average molecular weight is 302 g/mol. The van der Waals surface area contributed by atoms with Crippen LogP contribution in [0.15, 0.2) is 0 Å². The molecule has 0 aromatic carbocycles. The summed E-state index contributed by atoms with van der Waals surface area (Å²) in [6, 6.07) is -2.18. The molecule has 0 amide bonds. The zero-order valence-corrected chi connectivity index (χ0v) is 12.3. The Labute approximate surface area is 112 Å². The van der Waals surface area contributed by atoms with Gasteiger partial charge in [-0.3, -0.25) is 4.90 Å². The van der Waals surface area contributed by atoms with E-state index in [0.717, 1.165) is 4.31 Å². The number of likely N-dealkylation sites (N-methyl/N-ethyl adjacent to an activating group) is 1. The lowest BCUT2D eigenvalue weighted by Crippen LogP contribution is -2.62. The van der Waals surface area contributed by atoms with E-state index in [0.29, 0.717) is 12.8 Å². The van der Waals surface area contributed by atoms with E-state index >= 15 is 0 Å². The molecule has 19 heavy (non-hydrogen) atoms. The lowest BCUT2D eigenvalue weighted by atomic mass is 10.1. The van der Waals surface area contributed by atoms with Gasteiger partial charge in [-0.15, -0.1) is 0 Å². The van der Waals surface area contributed by atoms with Gasteiger partial charge in [-0.25, -0.2) is 8.42 Å². The Bertz CT molecular complexity index is 397. The summed E-state index contributed by atoms with van der Waals surface area (Å²) in [6.45, 7) is 3.08. The van der Waals surface area contributed by atoms with Crippen molar-refractivity contribution < 1.29 is 21.6 Å². The van der Waals surface area contributed by atoms with Crippen molar-refractivity contribution in [2.75, 3.05) is 25.9 Å². The van der Waals surface area contributed by atoms with Crippen molar-refractivity contribution in [2.24, 2.45) is 0 Å². The van der Waals surface area contributed by atoms with Crippen molar-refractivity contribution in [3.05, 3.63) is 0 Å². The van der Waals surface area contributed by atoms with Gasteiger partial charge in [0, 0.05) is 19.1 Å². The van der Waals surface area contributed by atoms with Crippen LogP contribution in [0.1, 0.15) is 26.7 Å². The first-order valence-electron chi connectivity index (χ1n) is 6.36. The minimum Gasteiger partial charge on any atom is -0.290 e. The zero-order valence-electron chi connectivity index (χ0n) is 11.4. The normalized spacial score (nSPS) is 27.7. The van der Waals surface area contributed by atoms with Gasteiger partial charge in [0.15, 0.2) is 0 Å². The van der Waals surface area contributed by atoms with Crippen LogP contribution in [0.5, 0.6) is 0 Å². The van der Waals surface area contributed by atoms with Crippen molar-refractivity contribution in [3.63, 3.8) is 0 Å². The molecule has 2 unspecified atom stereocenters. The minimum atomic E-state index is -4.41. The average Bonchev–Trinajstić information content (AvgIpc) is 2.28. The topological polar surface area (TPSA) is 40.6 Å². The summed E-state index contributed by atoms with van der Waals surface area (Å²) in [5.74, 6) is -0.0789. The van der Waals surface area contributed by atoms with Gasteiger partial charge >= 0.3 is 6.18 Å². The Hall–Kier alpha value is -0.340. The summed E-state index contributed by atoms with van der Waals surface area (Å²) in [4.78, 5) is 1.20. The molecule has 0 spiro atoms. The van der Waals surface area contributed by atoms with E-state index in [9.17, 15) is 21.6 Å². The molecule has 1 saturated heterocycles. The molecule has 8 heteroatoms. The first kappa shape index (κ1) is 16.7. The maximum atomic E-state index is 12.9. The van der Waals surface area contributed by atoms with Crippen molar-refractivity contribution >= 4 is 10.0 Å². The molecule has 4 nitrogen and oxygen atoms in total. The Kier molecular flexibility index (Phi) is 5.25. The van der Waals surface area contributed by atoms with E-state index in [1.165, 1.54) is 11.9 Å². The molecule has 0 N–H and O–H groups in total. The van der Waals surface area contributed by atoms with Gasteiger partial charge in [0.25, 0.3) is 0 Å². The highest BCUT2D eigenvalue weighted by Crippen LogP contribution is 2.30. The van der Waals surface area contributed by atoms with E-state index in [4.69, 9.17) is 0 Å². The number of halogens is 3. The third-order valence-corrected chi connectivity index (χ3v) is 5.45. The molecule has 1 heterocycles. The van der Waals surface area contributed by atoms with Crippen LogP contribution in [0.4, 0.5) is 13.2 Å². The van der Waals surface area contributed by atoms with Crippen molar-refractivity contribution in [2.45, 2.75) is 44.9 Å². The molecule has 0 radical (unpaired) electrons. The molecule has 1 aliphatic rings. The minimum absolute atomic E-state index is 0.0789. The van der Waals surface area contributed by atoms with E-state index < -0.39 is 34.8 Å². The molecule has 0 aromatic heterocycles. The number of unbranched alkanes of at least 4 members (excludes halogenated alkanes) is 1. The largest absolute Gasteiger partial charge is 0.405 e. The van der Waals surface area contributed by atoms with Crippen LogP contribution in [0.3, 0.4) is 0 Å². The van der Waals surface area contributed by atoms with E-state index in [1.54, 1.807) is 6.92 Å². The van der Waals surface area contributed by atoms with Gasteiger partial charge in [-0.2, -0.15) is 17.5 Å². The molecule has 2 atom stereocenters. The van der Waals surface area contributed by atoms with Crippen LogP contribution < -0.4 is 0 Å². The number of nitrogens with zero attached hydrogens (tertiary/aromatic N) is 2. The van der Waals surface area contributed by atoms with Crippen LogP contribution in [-0.2, 0) is 10.0 Å². The number of hydrogen-bond acceptors (Lipinski definition) is 3.